The summed E-state index contributed by atoms with van der Waals surface area (Å²) in [5, 5.41) is 6.27. The number of halogens is 2. The zero-order chi connectivity index (χ0) is 20.1. The fourth-order valence-electron chi connectivity index (χ4n) is 2.54. The van der Waals surface area contributed by atoms with Crippen LogP contribution < -0.4 is 15.4 Å². The second-order valence-electron chi connectivity index (χ2n) is 5.81. The maximum Gasteiger partial charge on any atom is 0.259 e. The topological polar surface area (TPSA) is 67.4 Å². The summed E-state index contributed by atoms with van der Waals surface area (Å²) < 4.78 is 5.20. The van der Waals surface area contributed by atoms with E-state index in [0.717, 1.165) is 0 Å². The van der Waals surface area contributed by atoms with Gasteiger partial charge in [0.25, 0.3) is 11.8 Å². The standard InChI is InChI=1S/C21H16Cl2N2O3/c1-28-19-5-3-2-4-17(19)21(27)25-15-9-7-14(8-10-15)24-20(26)16-11-6-13(22)12-18(16)23/h2-12H,1H3,(H,24,26)(H,25,27). The molecule has 3 aromatic rings. The molecule has 0 spiro atoms. The second kappa shape index (κ2) is 8.78. The number of amides is 2. The Hall–Kier alpha value is -3.02. The van der Waals surface area contributed by atoms with E-state index in [2.05, 4.69) is 10.6 Å². The quantitative estimate of drug-likeness (QED) is 0.578. The monoisotopic (exact) mass is 414 g/mol. The molecule has 0 aromatic heterocycles. The van der Waals surface area contributed by atoms with Gasteiger partial charge >= 0.3 is 0 Å². The van der Waals surface area contributed by atoms with Crippen LogP contribution in [0, 0.1) is 0 Å². The molecule has 0 radical (unpaired) electrons. The molecular formula is C21H16Cl2N2O3. The summed E-state index contributed by atoms with van der Waals surface area (Å²) in [5.74, 6) is -0.154. The molecule has 5 nitrogen and oxygen atoms in total. The van der Waals surface area contributed by atoms with Crippen LogP contribution in [0.25, 0.3) is 0 Å². The molecule has 0 aliphatic carbocycles. The summed E-state index contributed by atoms with van der Waals surface area (Å²) >= 11 is 11.9. The average molecular weight is 415 g/mol. The summed E-state index contributed by atoms with van der Waals surface area (Å²) in [4.78, 5) is 24.8. The molecule has 0 saturated carbocycles. The lowest BCUT2D eigenvalue weighted by Gasteiger charge is -2.10. The van der Waals surface area contributed by atoms with Gasteiger partial charge in [-0.3, -0.25) is 9.59 Å². The summed E-state index contributed by atoms with van der Waals surface area (Å²) in [6, 6.07) is 18.3. The first kappa shape index (κ1) is 19.7. The van der Waals surface area contributed by atoms with Gasteiger partial charge in [-0.2, -0.15) is 0 Å². The van der Waals surface area contributed by atoms with Crippen molar-refractivity contribution in [2.24, 2.45) is 0 Å². The van der Waals surface area contributed by atoms with E-state index in [1.54, 1.807) is 60.7 Å². The lowest BCUT2D eigenvalue weighted by atomic mass is 10.1. The Bertz CT molecular complexity index is 1020. The average Bonchev–Trinajstić information content (AvgIpc) is 2.69. The van der Waals surface area contributed by atoms with Crippen molar-refractivity contribution in [2.45, 2.75) is 0 Å². The number of methoxy groups -OCH3 is 1. The zero-order valence-electron chi connectivity index (χ0n) is 14.8. The third kappa shape index (κ3) is 4.63. The molecule has 3 rings (SSSR count). The number of hydrogen-bond acceptors (Lipinski definition) is 3. The van der Waals surface area contributed by atoms with Crippen molar-refractivity contribution in [3.63, 3.8) is 0 Å². The number of anilines is 2. The van der Waals surface area contributed by atoms with Crippen LogP contribution in [0.3, 0.4) is 0 Å². The molecule has 142 valence electrons. The molecule has 0 atom stereocenters. The fraction of sp³-hybridized carbons (Fsp3) is 0.0476. The van der Waals surface area contributed by atoms with Crippen LogP contribution in [0.1, 0.15) is 20.7 Å². The first-order valence-electron chi connectivity index (χ1n) is 8.29. The first-order valence-corrected chi connectivity index (χ1v) is 9.04. The smallest absolute Gasteiger partial charge is 0.259 e. The molecule has 0 aliphatic heterocycles. The van der Waals surface area contributed by atoms with Crippen molar-refractivity contribution in [2.75, 3.05) is 17.7 Å². The van der Waals surface area contributed by atoms with Gasteiger partial charge < -0.3 is 15.4 Å². The third-order valence-corrected chi connectivity index (χ3v) is 4.48. The van der Waals surface area contributed by atoms with Crippen LogP contribution in [0.15, 0.2) is 66.7 Å². The SMILES string of the molecule is COc1ccccc1C(=O)Nc1ccc(NC(=O)c2ccc(Cl)cc2Cl)cc1. The Morgan fingerprint density at radius 2 is 1.36 bits per heavy atom. The number of para-hydroxylation sites is 1. The molecule has 0 aliphatic rings. The maximum absolute atomic E-state index is 12.4. The van der Waals surface area contributed by atoms with Gasteiger partial charge in [0.2, 0.25) is 0 Å². The van der Waals surface area contributed by atoms with Crippen LogP contribution in [0.2, 0.25) is 10.0 Å². The Morgan fingerprint density at radius 1 is 0.786 bits per heavy atom. The van der Waals surface area contributed by atoms with Crippen molar-refractivity contribution in [1.82, 2.24) is 0 Å². The van der Waals surface area contributed by atoms with E-state index in [1.165, 1.54) is 13.2 Å². The van der Waals surface area contributed by atoms with Crippen molar-refractivity contribution in [3.05, 3.63) is 87.9 Å². The zero-order valence-corrected chi connectivity index (χ0v) is 16.3. The molecule has 2 N–H and O–H groups in total. The Kier molecular flexibility index (Phi) is 6.19. The molecule has 0 unspecified atom stereocenters. The van der Waals surface area contributed by atoms with Crippen LogP contribution in [-0.4, -0.2) is 18.9 Å². The highest BCUT2D eigenvalue weighted by atomic mass is 35.5. The van der Waals surface area contributed by atoms with E-state index in [-0.39, 0.29) is 16.8 Å². The Labute approximate surface area is 172 Å². The van der Waals surface area contributed by atoms with Gasteiger partial charge in [0.05, 0.1) is 23.3 Å². The van der Waals surface area contributed by atoms with Gasteiger partial charge in [0.15, 0.2) is 0 Å². The summed E-state index contributed by atoms with van der Waals surface area (Å²) in [5.41, 5.74) is 1.89. The molecule has 28 heavy (non-hydrogen) atoms. The summed E-state index contributed by atoms with van der Waals surface area (Å²) in [7, 11) is 1.51. The molecule has 2 amide bonds. The minimum atomic E-state index is -0.354. The van der Waals surface area contributed by atoms with Crippen LogP contribution in [-0.2, 0) is 0 Å². The maximum atomic E-state index is 12.4. The lowest BCUT2D eigenvalue weighted by Crippen LogP contribution is -2.14. The van der Waals surface area contributed by atoms with Crippen LogP contribution in [0.4, 0.5) is 11.4 Å². The molecular weight excluding hydrogens is 399 g/mol. The third-order valence-electron chi connectivity index (χ3n) is 3.93. The minimum Gasteiger partial charge on any atom is -0.496 e. The number of nitrogens with one attached hydrogen (secondary N) is 2. The molecule has 0 bridgehead atoms. The van der Waals surface area contributed by atoms with Gasteiger partial charge in [-0.15, -0.1) is 0 Å². The highest BCUT2D eigenvalue weighted by Crippen LogP contribution is 2.23. The highest BCUT2D eigenvalue weighted by Gasteiger charge is 2.13. The van der Waals surface area contributed by atoms with Gasteiger partial charge in [-0.25, -0.2) is 0 Å². The van der Waals surface area contributed by atoms with E-state index in [4.69, 9.17) is 27.9 Å². The molecule has 7 heteroatoms. The highest BCUT2D eigenvalue weighted by molar-refractivity contribution is 6.37. The Balaban J connectivity index is 1.68. The summed E-state index contributed by atoms with van der Waals surface area (Å²) in [6.45, 7) is 0. The van der Waals surface area contributed by atoms with Crippen molar-refractivity contribution < 1.29 is 14.3 Å². The van der Waals surface area contributed by atoms with E-state index in [9.17, 15) is 9.59 Å². The molecule has 3 aromatic carbocycles. The van der Waals surface area contributed by atoms with E-state index in [0.29, 0.717) is 33.3 Å². The van der Waals surface area contributed by atoms with Crippen molar-refractivity contribution in [1.29, 1.82) is 0 Å². The van der Waals surface area contributed by atoms with Crippen LogP contribution in [0.5, 0.6) is 5.75 Å². The summed E-state index contributed by atoms with van der Waals surface area (Å²) in [6.07, 6.45) is 0. The number of carbonyl (C=O) groups is 2. The minimum absolute atomic E-state index is 0.269. The number of benzene rings is 3. The number of carbonyl (C=O) groups excluding carboxylic acids is 2. The number of ether oxygens (including phenoxy) is 1. The van der Waals surface area contributed by atoms with E-state index in [1.807, 2.05) is 0 Å². The predicted molar refractivity (Wildman–Crippen MR) is 112 cm³/mol. The largest absolute Gasteiger partial charge is 0.496 e. The number of hydrogen-bond donors (Lipinski definition) is 2. The van der Waals surface area contributed by atoms with Gasteiger partial charge in [-0.05, 0) is 54.6 Å². The van der Waals surface area contributed by atoms with Crippen molar-refractivity contribution in [3.8, 4) is 5.75 Å². The van der Waals surface area contributed by atoms with Crippen LogP contribution >= 0.6 is 23.2 Å². The molecule has 0 saturated heterocycles. The first-order chi connectivity index (χ1) is 13.5. The predicted octanol–water partition coefficient (Wildman–Crippen LogP) is 5.51. The number of rotatable bonds is 5. The lowest BCUT2D eigenvalue weighted by molar-refractivity contribution is 0.101. The van der Waals surface area contributed by atoms with E-state index >= 15 is 0 Å². The molecule has 0 fully saturated rings. The second-order valence-corrected chi connectivity index (χ2v) is 6.65. The Morgan fingerprint density at radius 3 is 1.93 bits per heavy atom. The fourth-order valence-corrected chi connectivity index (χ4v) is 3.03. The van der Waals surface area contributed by atoms with Gasteiger partial charge in [0, 0.05) is 16.4 Å². The van der Waals surface area contributed by atoms with Gasteiger partial charge in [-0.1, -0.05) is 35.3 Å². The van der Waals surface area contributed by atoms with E-state index < -0.39 is 0 Å². The van der Waals surface area contributed by atoms with Crippen molar-refractivity contribution >= 4 is 46.4 Å². The molecule has 0 heterocycles. The van der Waals surface area contributed by atoms with Gasteiger partial charge in [0.1, 0.15) is 5.75 Å². The normalized spacial score (nSPS) is 10.2.